The Labute approximate surface area is 184 Å². The maximum atomic E-state index is 12.6. The van der Waals surface area contributed by atoms with Crippen molar-refractivity contribution >= 4 is 43.3 Å². The molecule has 164 valence electrons. The number of hydrogen-bond donors (Lipinski definition) is 0. The number of thiazole rings is 1. The maximum absolute atomic E-state index is 12.6. The largest absolute Gasteiger partial charge is 0.465 e. The third-order valence-corrected chi connectivity index (χ3v) is 6.84. The first kappa shape index (κ1) is 22.9. The first-order valence-corrected chi connectivity index (χ1v) is 12.6. The molecular weight excluding hydrogens is 436 g/mol. The van der Waals surface area contributed by atoms with Gasteiger partial charge in [0.05, 0.1) is 28.1 Å². The van der Waals surface area contributed by atoms with E-state index in [0.717, 1.165) is 28.5 Å². The number of rotatable bonds is 7. The fourth-order valence-corrected chi connectivity index (χ4v) is 4.83. The molecule has 0 atom stereocenters. The Balaban J connectivity index is 1.95. The normalized spacial score (nSPS) is 12.3. The van der Waals surface area contributed by atoms with Crippen molar-refractivity contribution in [3.05, 3.63) is 58.4 Å². The third-order valence-electron chi connectivity index (χ3n) is 4.68. The number of ether oxygens (including phenoxy) is 1. The van der Waals surface area contributed by atoms with Gasteiger partial charge in [0.2, 0.25) is 0 Å². The lowest BCUT2D eigenvalue weighted by molar-refractivity contribution is -0.143. The number of sulfone groups is 1. The molecule has 3 rings (SSSR count). The van der Waals surface area contributed by atoms with Crippen molar-refractivity contribution in [2.75, 3.05) is 12.9 Å². The molecule has 1 heterocycles. The highest BCUT2D eigenvalue weighted by molar-refractivity contribution is 7.90. The van der Waals surface area contributed by atoms with Crippen molar-refractivity contribution in [3.8, 4) is 0 Å². The van der Waals surface area contributed by atoms with E-state index in [9.17, 15) is 18.0 Å². The Hall–Kier alpha value is -2.78. The van der Waals surface area contributed by atoms with Gasteiger partial charge in [-0.15, -0.1) is 0 Å². The Morgan fingerprint density at radius 3 is 2.35 bits per heavy atom. The lowest BCUT2D eigenvalue weighted by Gasteiger charge is -2.05. The zero-order chi connectivity index (χ0) is 22.6. The topological polar surface area (TPSA) is 94.8 Å². The average Bonchev–Trinajstić information content (AvgIpc) is 3.03. The summed E-state index contributed by atoms with van der Waals surface area (Å²) in [6.07, 6.45) is 2.04. The van der Waals surface area contributed by atoms with Gasteiger partial charge in [0.1, 0.15) is 6.54 Å². The second-order valence-electron chi connectivity index (χ2n) is 7.03. The van der Waals surface area contributed by atoms with E-state index >= 15 is 0 Å². The highest BCUT2D eigenvalue weighted by Gasteiger charge is 2.13. The SMILES string of the molecule is CCOC(=O)Cn1c(=NC(=O)Cc2ccc(S(C)(=O)=O)cc2)sc2cc(CC)ccc21. The summed E-state index contributed by atoms with van der Waals surface area (Å²) < 4.78 is 30.9. The van der Waals surface area contributed by atoms with Crippen molar-refractivity contribution in [2.24, 2.45) is 4.99 Å². The number of benzene rings is 2. The van der Waals surface area contributed by atoms with Crippen molar-refractivity contribution in [3.63, 3.8) is 0 Å². The summed E-state index contributed by atoms with van der Waals surface area (Å²) in [6, 6.07) is 12.1. The molecule has 0 aliphatic rings. The lowest BCUT2D eigenvalue weighted by atomic mass is 10.1. The molecule has 0 N–H and O–H groups in total. The van der Waals surface area contributed by atoms with E-state index < -0.39 is 15.8 Å². The molecule has 0 spiro atoms. The number of aryl methyl sites for hydroxylation is 1. The number of carbonyl (C=O) groups excluding carboxylic acids is 2. The highest BCUT2D eigenvalue weighted by atomic mass is 32.2. The van der Waals surface area contributed by atoms with E-state index in [2.05, 4.69) is 11.9 Å². The lowest BCUT2D eigenvalue weighted by Crippen LogP contribution is -2.23. The maximum Gasteiger partial charge on any atom is 0.326 e. The predicted octanol–water partition coefficient (Wildman–Crippen LogP) is 2.90. The van der Waals surface area contributed by atoms with Crippen LogP contribution in [0.15, 0.2) is 52.4 Å². The zero-order valence-electron chi connectivity index (χ0n) is 17.6. The second kappa shape index (κ2) is 9.57. The van der Waals surface area contributed by atoms with Crippen molar-refractivity contribution in [2.45, 2.75) is 38.1 Å². The van der Waals surface area contributed by atoms with Crippen LogP contribution in [0.4, 0.5) is 0 Å². The summed E-state index contributed by atoms with van der Waals surface area (Å²) in [7, 11) is -3.29. The third kappa shape index (κ3) is 5.68. The molecule has 9 heteroatoms. The number of hydrogen-bond acceptors (Lipinski definition) is 6. The van der Waals surface area contributed by atoms with Gasteiger partial charge < -0.3 is 9.30 Å². The van der Waals surface area contributed by atoms with Crippen LogP contribution >= 0.6 is 11.3 Å². The number of esters is 1. The van der Waals surface area contributed by atoms with E-state index in [1.165, 1.54) is 23.5 Å². The molecule has 0 aliphatic carbocycles. The number of amides is 1. The standard InChI is InChI=1S/C22H24N2O5S2/c1-4-15-8-11-18-19(12-15)30-22(24(18)14-21(26)29-5-2)23-20(25)13-16-6-9-17(10-7-16)31(3,27)28/h6-12H,4-5,13-14H2,1-3H3. The fourth-order valence-electron chi connectivity index (χ4n) is 3.09. The zero-order valence-corrected chi connectivity index (χ0v) is 19.3. The van der Waals surface area contributed by atoms with Gasteiger partial charge in [0.25, 0.3) is 5.91 Å². The van der Waals surface area contributed by atoms with E-state index in [-0.39, 0.29) is 30.4 Å². The summed E-state index contributed by atoms with van der Waals surface area (Å²) in [5, 5.41) is 0. The molecule has 3 aromatic rings. The van der Waals surface area contributed by atoms with Crippen LogP contribution < -0.4 is 4.80 Å². The molecule has 0 unspecified atom stereocenters. The molecule has 0 aliphatic heterocycles. The van der Waals surface area contributed by atoms with Gasteiger partial charge in [0, 0.05) is 6.26 Å². The van der Waals surface area contributed by atoms with Crippen LogP contribution in [0.3, 0.4) is 0 Å². The van der Waals surface area contributed by atoms with E-state index in [1.807, 2.05) is 18.2 Å². The van der Waals surface area contributed by atoms with E-state index in [0.29, 0.717) is 10.4 Å². The second-order valence-corrected chi connectivity index (χ2v) is 10.1. The number of nitrogens with zero attached hydrogens (tertiary/aromatic N) is 2. The molecule has 2 aromatic carbocycles. The monoisotopic (exact) mass is 460 g/mol. The van der Waals surface area contributed by atoms with Crippen LogP contribution in [-0.2, 0) is 43.5 Å². The molecule has 7 nitrogen and oxygen atoms in total. The molecule has 0 saturated heterocycles. The number of aromatic nitrogens is 1. The van der Waals surface area contributed by atoms with E-state index in [4.69, 9.17) is 4.74 Å². The van der Waals surface area contributed by atoms with Gasteiger partial charge in [-0.05, 0) is 48.7 Å². The summed E-state index contributed by atoms with van der Waals surface area (Å²) >= 11 is 1.35. The van der Waals surface area contributed by atoms with E-state index in [1.54, 1.807) is 23.6 Å². The van der Waals surface area contributed by atoms with Crippen LogP contribution in [0.1, 0.15) is 25.0 Å². The Bertz CT molecular complexity index is 1290. The highest BCUT2D eigenvalue weighted by Crippen LogP contribution is 2.20. The van der Waals surface area contributed by atoms with Crippen LogP contribution in [0.5, 0.6) is 0 Å². The quantitative estimate of drug-likeness (QED) is 0.505. The molecule has 0 bridgehead atoms. The molecule has 0 fully saturated rings. The smallest absolute Gasteiger partial charge is 0.326 e. The van der Waals surface area contributed by atoms with Gasteiger partial charge in [0.15, 0.2) is 14.6 Å². The molecule has 1 aromatic heterocycles. The molecular formula is C22H24N2O5S2. The fraction of sp³-hybridized carbons (Fsp3) is 0.318. The average molecular weight is 461 g/mol. The van der Waals surface area contributed by atoms with Gasteiger partial charge in [-0.25, -0.2) is 8.42 Å². The van der Waals surface area contributed by atoms with Gasteiger partial charge in [-0.3, -0.25) is 9.59 Å². The summed E-state index contributed by atoms with van der Waals surface area (Å²) in [5.74, 6) is -0.779. The first-order valence-electron chi connectivity index (χ1n) is 9.85. The van der Waals surface area contributed by atoms with Crippen LogP contribution in [0, 0.1) is 0 Å². The number of carbonyl (C=O) groups is 2. The van der Waals surface area contributed by atoms with Crippen molar-refractivity contribution in [1.29, 1.82) is 0 Å². The molecule has 0 saturated carbocycles. The minimum Gasteiger partial charge on any atom is -0.465 e. The number of fused-ring (bicyclic) bond motifs is 1. The van der Waals surface area contributed by atoms with Crippen molar-refractivity contribution in [1.82, 2.24) is 4.57 Å². The minimum atomic E-state index is -3.29. The van der Waals surface area contributed by atoms with Crippen LogP contribution in [-0.4, -0.2) is 37.7 Å². The molecule has 31 heavy (non-hydrogen) atoms. The van der Waals surface area contributed by atoms with Gasteiger partial charge in [-0.2, -0.15) is 4.99 Å². The Morgan fingerprint density at radius 2 is 1.74 bits per heavy atom. The Morgan fingerprint density at radius 1 is 1.06 bits per heavy atom. The van der Waals surface area contributed by atoms with Gasteiger partial charge >= 0.3 is 5.97 Å². The summed E-state index contributed by atoms with van der Waals surface area (Å²) in [5.41, 5.74) is 2.63. The first-order chi connectivity index (χ1) is 14.7. The van der Waals surface area contributed by atoms with Crippen LogP contribution in [0.2, 0.25) is 0 Å². The minimum absolute atomic E-state index is 0.0257. The Kier molecular flexibility index (Phi) is 7.07. The van der Waals surface area contributed by atoms with Crippen LogP contribution in [0.25, 0.3) is 10.2 Å². The predicted molar refractivity (Wildman–Crippen MR) is 120 cm³/mol. The van der Waals surface area contributed by atoms with Gasteiger partial charge in [-0.1, -0.05) is 36.5 Å². The summed E-state index contributed by atoms with van der Waals surface area (Å²) in [6.45, 7) is 4.04. The summed E-state index contributed by atoms with van der Waals surface area (Å²) in [4.78, 5) is 29.6. The molecule has 1 amide bonds. The van der Waals surface area contributed by atoms with Crippen molar-refractivity contribution < 1.29 is 22.7 Å². The molecule has 0 radical (unpaired) electrons.